The van der Waals surface area contributed by atoms with Crippen LogP contribution in [0.1, 0.15) is 5.69 Å². The third-order valence-electron chi connectivity index (χ3n) is 2.74. The van der Waals surface area contributed by atoms with Gasteiger partial charge in [-0.1, -0.05) is 35.5 Å². The van der Waals surface area contributed by atoms with Crippen molar-refractivity contribution in [3.63, 3.8) is 0 Å². The Kier molecular flexibility index (Phi) is 6.49. The summed E-state index contributed by atoms with van der Waals surface area (Å²) in [6.07, 6.45) is -0.0376. The molecule has 0 bridgehead atoms. The molecule has 0 saturated carbocycles. The molecule has 1 aromatic heterocycles. The standard InChI is InChI=1S/C15H15ClN2O4S/c1-21-14(20)9-10-8-13(19)18-15(17-10)23-7-6-22-12-5-3-2-4-11(12)16/h2-5,8H,6-7,9H2,1H3,(H,17,18,19). The minimum absolute atomic E-state index is 0.0376. The fraction of sp³-hybridized carbons (Fsp3) is 0.267. The summed E-state index contributed by atoms with van der Waals surface area (Å²) in [5.41, 5.74) is 0.0588. The van der Waals surface area contributed by atoms with Crippen molar-refractivity contribution >= 4 is 29.3 Å². The predicted octanol–water partition coefficient (Wildman–Crippen LogP) is 2.31. The highest BCUT2D eigenvalue weighted by molar-refractivity contribution is 7.99. The summed E-state index contributed by atoms with van der Waals surface area (Å²) < 4.78 is 10.1. The molecule has 0 atom stereocenters. The number of para-hydroxylation sites is 1. The van der Waals surface area contributed by atoms with Gasteiger partial charge in [-0.2, -0.15) is 0 Å². The van der Waals surface area contributed by atoms with Crippen LogP contribution in [0.2, 0.25) is 5.02 Å². The second kappa shape index (κ2) is 8.59. The van der Waals surface area contributed by atoms with Crippen LogP contribution < -0.4 is 10.3 Å². The first kappa shape index (κ1) is 17.4. The number of hydrogen-bond acceptors (Lipinski definition) is 6. The van der Waals surface area contributed by atoms with E-state index in [1.807, 2.05) is 12.1 Å². The van der Waals surface area contributed by atoms with Gasteiger partial charge in [0, 0.05) is 11.8 Å². The molecule has 0 aliphatic rings. The van der Waals surface area contributed by atoms with Crippen molar-refractivity contribution < 1.29 is 14.3 Å². The highest BCUT2D eigenvalue weighted by Crippen LogP contribution is 2.23. The summed E-state index contributed by atoms with van der Waals surface area (Å²) in [5.74, 6) is 0.729. The van der Waals surface area contributed by atoms with Gasteiger partial charge < -0.3 is 14.5 Å². The molecule has 0 amide bonds. The fourth-order valence-corrected chi connectivity index (χ4v) is 2.62. The number of methoxy groups -OCH3 is 1. The van der Waals surface area contributed by atoms with Crippen LogP contribution in [0.5, 0.6) is 5.75 Å². The Morgan fingerprint density at radius 2 is 2.17 bits per heavy atom. The van der Waals surface area contributed by atoms with E-state index in [1.165, 1.54) is 24.9 Å². The lowest BCUT2D eigenvalue weighted by Gasteiger charge is -2.07. The smallest absolute Gasteiger partial charge is 0.311 e. The first-order valence-corrected chi connectivity index (χ1v) is 8.12. The molecule has 1 heterocycles. The Bertz CT molecular complexity index is 735. The zero-order valence-corrected chi connectivity index (χ0v) is 13.9. The van der Waals surface area contributed by atoms with Crippen LogP contribution in [0.4, 0.5) is 0 Å². The summed E-state index contributed by atoms with van der Waals surface area (Å²) in [7, 11) is 1.29. The van der Waals surface area contributed by atoms with Gasteiger partial charge in [0.05, 0.1) is 30.9 Å². The number of carbonyl (C=O) groups excluding carboxylic acids is 1. The van der Waals surface area contributed by atoms with Crippen LogP contribution in [0.15, 0.2) is 40.3 Å². The van der Waals surface area contributed by atoms with Gasteiger partial charge in [-0.15, -0.1) is 0 Å². The van der Waals surface area contributed by atoms with Crippen LogP contribution in [-0.4, -0.2) is 35.4 Å². The number of nitrogens with one attached hydrogen (secondary N) is 1. The molecule has 0 fully saturated rings. The molecule has 0 saturated heterocycles. The molecule has 1 N–H and O–H groups in total. The molecule has 23 heavy (non-hydrogen) atoms. The average molecular weight is 355 g/mol. The molecule has 0 aliphatic carbocycles. The maximum atomic E-state index is 11.6. The minimum Gasteiger partial charge on any atom is -0.491 e. The lowest BCUT2D eigenvalue weighted by Crippen LogP contribution is -2.14. The summed E-state index contributed by atoms with van der Waals surface area (Å²) in [5, 5.41) is 0.975. The third-order valence-corrected chi connectivity index (χ3v) is 3.89. The van der Waals surface area contributed by atoms with Crippen LogP contribution >= 0.6 is 23.4 Å². The van der Waals surface area contributed by atoms with E-state index in [0.29, 0.717) is 34.0 Å². The maximum Gasteiger partial charge on any atom is 0.311 e. The number of H-pyrrole nitrogens is 1. The van der Waals surface area contributed by atoms with Crippen molar-refractivity contribution in [3.05, 3.63) is 51.4 Å². The van der Waals surface area contributed by atoms with Gasteiger partial charge in [0.15, 0.2) is 5.16 Å². The van der Waals surface area contributed by atoms with Gasteiger partial charge in [0.25, 0.3) is 5.56 Å². The lowest BCUT2D eigenvalue weighted by atomic mass is 10.3. The number of aromatic amines is 1. The minimum atomic E-state index is -0.443. The Morgan fingerprint density at radius 3 is 2.91 bits per heavy atom. The highest BCUT2D eigenvalue weighted by Gasteiger charge is 2.08. The van der Waals surface area contributed by atoms with Gasteiger partial charge in [-0.3, -0.25) is 9.59 Å². The normalized spacial score (nSPS) is 10.3. The maximum absolute atomic E-state index is 11.6. The van der Waals surface area contributed by atoms with Crippen LogP contribution in [0, 0.1) is 0 Å². The molecule has 6 nitrogen and oxygen atoms in total. The second-order valence-electron chi connectivity index (χ2n) is 4.42. The number of nitrogens with zero attached hydrogens (tertiary/aromatic N) is 1. The van der Waals surface area contributed by atoms with E-state index in [4.69, 9.17) is 16.3 Å². The van der Waals surface area contributed by atoms with E-state index in [-0.39, 0.29) is 12.0 Å². The van der Waals surface area contributed by atoms with Crippen molar-refractivity contribution in [1.29, 1.82) is 0 Å². The zero-order valence-electron chi connectivity index (χ0n) is 12.4. The molecule has 0 aliphatic heterocycles. The lowest BCUT2D eigenvalue weighted by molar-refractivity contribution is -0.139. The number of thioether (sulfide) groups is 1. The van der Waals surface area contributed by atoms with Crippen LogP contribution in [-0.2, 0) is 16.0 Å². The van der Waals surface area contributed by atoms with Crippen molar-refractivity contribution in [2.24, 2.45) is 0 Å². The number of halogens is 1. The van der Waals surface area contributed by atoms with E-state index in [9.17, 15) is 9.59 Å². The van der Waals surface area contributed by atoms with Gasteiger partial charge in [0.2, 0.25) is 0 Å². The monoisotopic (exact) mass is 354 g/mol. The topological polar surface area (TPSA) is 81.3 Å². The van der Waals surface area contributed by atoms with Crippen molar-refractivity contribution in [1.82, 2.24) is 9.97 Å². The predicted molar refractivity (Wildman–Crippen MR) is 88.2 cm³/mol. The Hall–Kier alpha value is -1.99. The number of carbonyl (C=O) groups is 1. The van der Waals surface area contributed by atoms with E-state index in [1.54, 1.807) is 12.1 Å². The molecule has 0 spiro atoms. The summed E-state index contributed by atoms with van der Waals surface area (Å²) in [6.45, 7) is 0.402. The number of benzene rings is 1. The largest absolute Gasteiger partial charge is 0.491 e. The van der Waals surface area contributed by atoms with Gasteiger partial charge in [0.1, 0.15) is 5.75 Å². The average Bonchev–Trinajstić information content (AvgIpc) is 2.52. The van der Waals surface area contributed by atoms with E-state index in [2.05, 4.69) is 14.7 Å². The number of hydrogen-bond donors (Lipinski definition) is 1. The molecule has 0 radical (unpaired) electrons. The number of esters is 1. The number of aromatic nitrogens is 2. The van der Waals surface area contributed by atoms with Crippen LogP contribution in [0.25, 0.3) is 0 Å². The number of ether oxygens (including phenoxy) is 2. The SMILES string of the molecule is COC(=O)Cc1cc(=O)[nH]c(SCCOc2ccccc2Cl)n1. The van der Waals surface area contributed by atoms with E-state index in [0.717, 1.165) is 0 Å². The Labute approximate surface area is 142 Å². The molecule has 0 unspecified atom stereocenters. The molecular weight excluding hydrogens is 340 g/mol. The van der Waals surface area contributed by atoms with Crippen molar-refractivity contribution in [2.75, 3.05) is 19.5 Å². The zero-order chi connectivity index (χ0) is 16.7. The van der Waals surface area contributed by atoms with E-state index >= 15 is 0 Å². The molecule has 2 aromatic rings. The summed E-state index contributed by atoms with van der Waals surface area (Å²) >= 11 is 7.31. The summed E-state index contributed by atoms with van der Waals surface area (Å²) in [6, 6.07) is 8.47. The Balaban J connectivity index is 1.89. The number of rotatable bonds is 7. The van der Waals surface area contributed by atoms with Gasteiger partial charge in [-0.05, 0) is 12.1 Å². The second-order valence-corrected chi connectivity index (χ2v) is 5.91. The molecule has 122 valence electrons. The molecule has 8 heteroatoms. The van der Waals surface area contributed by atoms with Crippen molar-refractivity contribution in [3.8, 4) is 5.75 Å². The highest BCUT2D eigenvalue weighted by atomic mass is 35.5. The molecule has 2 rings (SSSR count). The fourth-order valence-electron chi connectivity index (χ4n) is 1.71. The molecule has 1 aromatic carbocycles. The van der Waals surface area contributed by atoms with Gasteiger partial charge in [-0.25, -0.2) is 4.98 Å². The first-order chi connectivity index (χ1) is 11.1. The first-order valence-electron chi connectivity index (χ1n) is 6.75. The van der Waals surface area contributed by atoms with Crippen LogP contribution in [0.3, 0.4) is 0 Å². The summed E-state index contributed by atoms with van der Waals surface area (Å²) in [4.78, 5) is 29.6. The van der Waals surface area contributed by atoms with Gasteiger partial charge >= 0.3 is 5.97 Å². The quantitative estimate of drug-likeness (QED) is 0.355. The Morgan fingerprint density at radius 1 is 1.39 bits per heavy atom. The van der Waals surface area contributed by atoms with E-state index < -0.39 is 5.97 Å². The van der Waals surface area contributed by atoms with Crippen molar-refractivity contribution in [2.45, 2.75) is 11.6 Å². The third kappa shape index (κ3) is 5.61. The molecular formula is C15H15ClN2O4S.